The lowest BCUT2D eigenvalue weighted by Crippen LogP contribution is -2.46. The molecule has 0 aromatic carbocycles. The molecule has 1 amide bonds. The second kappa shape index (κ2) is 55.5. The number of aliphatic hydroxyl groups excluding tert-OH is 2. The zero-order chi connectivity index (χ0) is 49.5. The molecular weight excluding hydrogens is 839 g/mol. The number of hydrogen-bond acceptors (Lipinski definition) is 5. The van der Waals surface area contributed by atoms with Gasteiger partial charge in [-0.1, -0.05) is 255 Å². The lowest BCUT2D eigenvalue weighted by molar-refractivity contribution is -0.151. The standard InChI is InChI=1S/C62H113NO5/c1-4-7-10-13-16-19-22-25-28-31-34-37-40-43-46-49-52-55-62(67)68-58(53-50-47-44-41-38-35-32-29-26-23-20-17-14-11-8-5-2)56-61(66)63-59(57-64)60(65)54-51-48-45-42-39-36-33-30-27-24-21-18-15-12-9-6-3/h16,19,25,28-29,32,34-35,37-38,58-60,64-65H,4-15,17-18,20-24,26-27,30-31,33,36,39-57H2,1-3H3,(H,63,66)/b19-16-,28-25-,32-29+,37-34-,38-35+. The van der Waals surface area contributed by atoms with Crippen molar-refractivity contribution in [2.75, 3.05) is 6.61 Å². The molecule has 0 fully saturated rings. The normalized spacial score (nSPS) is 13.5. The first kappa shape index (κ1) is 65.6. The Balaban J connectivity index is 4.63. The highest BCUT2D eigenvalue weighted by atomic mass is 16.5. The number of aliphatic hydroxyl groups is 2. The fourth-order valence-electron chi connectivity index (χ4n) is 8.84. The summed E-state index contributed by atoms with van der Waals surface area (Å²) in [6.45, 7) is 6.47. The Kier molecular flexibility index (Phi) is 53.5. The molecule has 3 unspecified atom stereocenters. The van der Waals surface area contributed by atoms with Crippen molar-refractivity contribution in [3.05, 3.63) is 60.8 Å². The molecule has 0 aromatic rings. The number of nitrogens with one attached hydrogen (secondary N) is 1. The van der Waals surface area contributed by atoms with Crippen molar-refractivity contribution in [1.82, 2.24) is 5.32 Å². The molecule has 0 radical (unpaired) electrons. The second-order valence-electron chi connectivity index (χ2n) is 20.1. The largest absolute Gasteiger partial charge is 0.462 e. The number of unbranched alkanes of at least 4 members (excludes halogenated alkanes) is 32. The first-order chi connectivity index (χ1) is 33.5. The van der Waals surface area contributed by atoms with Crippen molar-refractivity contribution < 1.29 is 24.5 Å². The number of hydrogen-bond donors (Lipinski definition) is 3. The summed E-state index contributed by atoms with van der Waals surface area (Å²) in [5, 5.41) is 23.9. The van der Waals surface area contributed by atoms with Crippen LogP contribution in [0.15, 0.2) is 60.8 Å². The number of ether oxygens (including phenoxy) is 1. The maximum atomic E-state index is 13.3. The molecule has 3 N–H and O–H groups in total. The molecule has 0 spiro atoms. The molecular formula is C62H113NO5. The third-order valence-corrected chi connectivity index (χ3v) is 13.3. The molecule has 0 aliphatic rings. The third kappa shape index (κ3) is 50.0. The highest BCUT2D eigenvalue weighted by molar-refractivity contribution is 5.77. The zero-order valence-electron chi connectivity index (χ0n) is 45.2. The van der Waals surface area contributed by atoms with Crippen LogP contribution in [0.4, 0.5) is 0 Å². The Morgan fingerprint density at radius 3 is 1.26 bits per heavy atom. The molecule has 6 nitrogen and oxygen atoms in total. The number of esters is 1. The number of amides is 1. The first-order valence-corrected chi connectivity index (χ1v) is 29.5. The third-order valence-electron chi connectivity index (χ3n) is 13.3. The van der Waals surface area contributed by atoms with Gasteiger partial charge in [-0.05, 0) is 89.9 Å². The van der Waals surface area contributed by atoms with Crippen molar-refractivity contribution in [2.24, 2.45) is 0 Å². The molecule has 3 atom stereocenters. The van der Waals surface area contributed by atoms with E-state index in [2.05, 4.69) is 86.8 Å². The smallest absolute Gasteiger partial charge is 0.306 e. The molecule has 68 heavy (non-hydrogen) atoms. The number of carbonyl (C=O) groups excluding carboxylic acids is 2. The van der Waals surface area contributed by atoms with Gasteiger partial charge in [-0.2, -0.15) is 0 Å². The van der Waals surface area contributed by atoms with Gasteiger partial charge in [-0.3, -0.25) is 9.59 Å². The number of carbonyl (C=O) groups is 2. The van der Waals surface area contributed by atoms with E-state index in [1.54, 1.807) is 0 Å². The van der Waals surface area contributed by atoms with Gasteiger partial charge in [0.2, 0.25) is 5.91 Å². The van der Waals surface area contributed by atoms with E-state index >= 15 is 0 Å². The van der Waals surface area contributed by atoms with Gasteiger partial charge >= 0.3 is 5.97 Å². The highest BCUT2D eigenvalue weighted by Crippen LogP contribution is 2.18. The summed E-state index contributed by atoms with van der Waals surface area (Å²) in [7, 11) is 0. The second-order valence-corrected chi connectivity index (χ2v) is 20.1. The summed E-state index contributed by atoms with van der Waals surface area (Å²) in [5.74, 6) is -0.518. The molecule has 0 aliphatic heterocycles. The fourth-order valence-corrected chi connectivity index (χ4v) is 8.84. The quantitative estimate of drug-likeness (QED) is 0.0244. The van der Waals surface area contributed by atoms with E-state index in [1.165, 1.54) is 154 Å². The van der Waals surface area contributed by atoms with Crippen LogP contribution in [0.2, 0.25) is 0 Å². The van der Waals surface area contributed by atoms with Crippen LogP contribution in [0.3, 0.4) is 0 Å². The monoisotopic (exact) mass is 952 g/mol. The van der Waals surface area contributed by atoms with Crippen molar-refractivity contribution in [1.29, 1.82) is 0 Å². The molecule has 0 saturated heterocycles. The predicted molar refractivity (Wildman–Crippen MR) is 296 cm³/mol. The summed E-state index contributed by atoms with van der Waals surface area (Å²) in [4.78, 5) is 26.3. The lowest BCUT2D eigenvalue weighted by Gasteiger charge is -2.24. The van der Waals surface area contributed by atoms with Crippen LogP contribution in [0, 0.1) is 0 Å². The van der Waals surface area contributed by atoms with Crippen LogP contribution in [-0.4, -0.2) is 46.9 Å². The fraction of sp³-hybridized carbons (Fsp3) is 0.806. The minimum atomic E-state index is -0.801. The van der Waals surface area contributed by atoms with Crippen molar-refractivity contribution >= 4 is 11.9 Å². The van der Waals surface area contributed by atoms with E-state index in [9.17, 15) is 19.8 Å². The minimum absolute atomic E-state index is 0.0503. The average Bonchev–Trinajstić information content (AvgIpc) is 3.33. The molecule has 0 heterocycles. The van der Waals surface area contributed by atoms with Crippen LogP contribution in [-0.2, 0) is 14.3 Å². The van der Waals surface area contributed by atoms with E-state index in [4.69, 9.17) is 4.74 Å². The van der Waals surface area contributed by atoms with Gasteiger partial charge in [-0.15, -0.1) is 0 Å². The minimum Gasteiger partial charge on any atom is -0.462 e. The molecule has 396 valence electrons. The molecule has 0 bridgehead atoms. The zero-order valence-corrected chi connectivity index (χ0v) is 45.2. The summed E-state index contributed by atoms with van der Waals surface area (Å²) in [6, 6.07) is -0.717. The number of rotatable bonds is 53. The van der Waals surface area contributed by atoms with Gasteiger partial charge in [0.15, 0.2) is 0 Å². The van der Waals surface area contributed by atoms with Crippen molar-refractivity contribution in [2.45, 2.75) is 315 Å². The van der Waals surface area contributed by atoms with Crippen LogP contribution in [0.5, 0.6) is 0 Å². The Morgan fingerprint density at radius 2 is 0.794 bits per heavy atom. The average molecular weight is 953 g/mol. The van der Waals surface area contributed by atoms with E-state index in [0.717, 1.165) is 96.3 Å². The molecule has 0 aromatic heterocycles. The van der Waals surface area contributed by atoms with Crippen molar-refractivity contribution in [3.63, 3.8) is 0 Å². The topological polar surface area (TPSA) is 95.9 Å². The van der Waals surface area contributed by atoms with Crippen molar-refractivity contribution in [3.8, 4) is 0 Å². The van der Waals surface area contributed by atoms with E-state index in [0.29, 0.717) is 19.3 Å². The first-order valence-electron chi connectivity index (χ1n) is 29.5. The Morgan fingerprint density at radius 1 is 0.441 bits per heavy atom. The van der Waals surface area contributed by atoms with Crippen LogP contribution < -0.4 is 5.32 Å². The Labute approximate surface area is 422 Å². The summed E-state index contributed by atoms with van der Waals surface area (Å²) >= 11 is 0. The van der Waals surface area contributed by atoms with Gasteiger partial charge in [0.1, 0.15) is 6.10 Å². The summed E-state index contributed by atoms with van der Waals surface area (Å²) in [5.41, 5.74) is 0. The molecule has 6 heteroatoms. The van der Waals surface area contributed by atoms with Gasteiger partial charge in [0, 0.05) is 6.42 Å². The van der Waals surface area contributed by atoms with E-state index in [-0.39, 0.29) is 24.9 Å². The lowest BCUT2D eigenvalue weighted by atomic mass is 10.0. The van der Waals surface area contributed by atoms with Crippen LogP contribution >= 0.6 is 0 Å². The van der Waals surface area contributed by atoms with Gasteiger partial charge in [0.25, 0.3) is 0 Å². The molecule has 0 aliphatic carbocycles. The highest BCUT2D eigenvalue weighted by Gasteiger charge is 2.24. The Bertz CT molecular complexity index is 1210. The van der Waals surface area contributed by atoms with E-state index < -0.39 is 18.2 Å². The van der Waals surface area contributed by atoms with Crippen LogP contribution in [0.25, 0.3) is 0 Å². The van der Waals surface area contributed by atoms with Gasteiger partial charge in [-0.25, -0.2) is 0 Å². The van der Waals surface area contributed by atoms with Gasteiger partial charge < -0.3 is 20.3 Å². The SMILES string of the molecule is CCCCC/C=C\C/C=C\C/C=C\CCCCCCC(=O)OC(CCCCC/C=C/C=C/CCCCCCCCC)CC(=O)NC(CO)C(O)CCCCCCCCCCCCCCCCCC. The molecule has 0 rings (SSSR count). The predicted octanol–water partition coefficient (Wildman–Crippen LogP) is 18.4. The maximum absolute atomic E-state index is 13.3. The summed E-state index contributed by atoms with van der Waals surface area (Å²) < 4.78 is 5.94. The van der Waals surface area contributed by atoms with Gasteiger partial charge in [0.05, 0.1) is 25.2 Å². The van der Waals surface area contributed by atoms with E-state index in [1.807, 2.05) is 0 Å². The summed E-state index contributed by atoms with van der Waals surface area (Å²) in [6.07, 6.45) is 70.0. The number of allylic oxidation sites excluding steroid dienone is 10. The molecule has 0 saturated carbocycles. The maximum Gasteiger partial charge on any atom is 0.306 e. The Hall–Kier alpha value is -2.44. The van der Waals surface area contributed by atoms with Crippen LogP contribution in [0.1, 0.15) is 297 Å².